The minimum atomic E-state index is -0.507. The van der Waals surface area contributed by atoms with E-state index in [1.165, 1.54) is 0 Å². The van der Waals surface area contributed by atoms with Gasteiger partial charge in [-0.1, -0.05) is 0 Å². The molecule has 1 rings (SSSR count). The minimum Gasteiger partial charge on any atom is -0.444 e. The molecule has 2 unspecified atom stereocenters. The summed E-state index contributed by atoms with van der Waals surface area (Å²) in [5.41, 5.74) is -0.507. The van der Waals surface area contributed by atoms with Gasteiger partial charge in [0.05, 0.1) is 25.4 Å². The first-order valence-corrected chi connectivity index (χ1v) is 5.78. The van der Waals surface area contributed by atoms with Gasteiger partial charge in [0.2, 0.25) is 0 Å². The molecule has 0 aromatic carbocycles. The van der Waals surface area contributed by atoms with Crippen LogP contribution in [-0.4, -0.2) is 48.5 Å². The maximum absolute atomic E-state index is 12.0. The van der Waals surface area contributed by atoms with Gasteiger partial charge in [-0.15, -0.1) is 0 Å². The molecule has 0 aromatic rings. The van der Waals surface area contributed by atoms with E-state index >= 15 is 0 Å². The number of ether oxygens (including phenoxy) is 2. The summed E-state index contributed by atoms with van der Waals surface area (Å²) < 4.78 is 10.7. The molecule has 0 saturated carbocycles. The van der Waals surface area contributed by atoms with Gasteiger partial charge in [0.15, 0.2) is 0 Å². The zero-order valence-electron chi connectivity index (χ0n) is 10.9. The van der Waals surface area contributed by atoms with Crippen molar-refractivity contribution >= 4 is 6.09 Å². The third kappa shape index (κ3) is 4.14. The fourth-order valence-electron chi connectivity index (χ4n) is 1.65. The molecule has 2 N–H and O–H groups in total. The number of carbonyl (C=O) groups excluding carboxylic acids is 1. The van der Waals surface area contributed by atoms with Crippen molar-refractivity contribution in [3.8, 4) is 0 Å². The number of hydrogen-bond acceptors (Lipinski definition) is 5. The van der Waals surface area contributed by atoms with E-state index in [0.29, 0.717) is 19.8 Å². The van der Waals surface area contributed by atoms with Gasteiger partial charge in [-0.2, -0.15) is 0 Å². The van der Waals surface area contributed by atoms with Crippen LogP contribution >= 0.6 is 0 Å². The summed E-state index contributed by atoms with van der Waals surface area (Å²) in [6, 6.07) is -0.205. The van der Waals surface area contributed by atoms with Gasteiger partial charge in [-0.25, -0.2) is 10.7 Å². The molecule has 0 aromatic heterocycles. The summed E-state index contributed by atoms with van der Waals surface area (Å²) in [7, 11) is 0. The highest BCUT2D eigenvalue weighted by atomic mass is 16.6. The first-order valence-electron chi connectivity index (χ1n) is 5.78. The molecule has 1 amide bonds. The van der Waals surface area contributed by atoms with E-state index in [1.807, 2.05) is 20.8 Å². The fourth-order valence-corrected chi connectivity index (χ4v) is 1.65. The maximum Gasteiger partial charge on any atom is 0.410 e. The highest BCUT2D eigenvalue weighted by Crippen LogP contribution is 2.17. The van der Waals surface area contributed by atoms with Crippen molar-refractivity contribution in [2.45, 2.75) is 45.4 Å². The summed E-state index contributed by atoms with van der Waals surface area (Å²) in [5, 5.41) is 0. The van der Waals surface area contributed by atoms with Crippen molar-refractivity contribution in [3.63, 3.8) is 0 Å². The molecule has 0 aliphatic carbocycles. The second-order valence-electron chi connectivity index (χ2n) is 5.16. The Hall–Kier alpha value is -0.850. The average Bonchev–Trinajstić information content (AvgIpc) is 2.25. The molecule has 6 heteroatoms. The second kappa shape index (κ2) is 5.66. The molecule has 0 spiro atoms. The molecule has 1 fully saturated rings. The standard InChI is InChI=1S/C11H22N2O4/c1-8(17-12)9-7-15-6-5-13(9)10(14)16-11(2,3)4/h8-9H,5-7,12H2,1-4H3. The van der Waals surface area contributed by atoms with Gasteiger partial charge in [0.25, 0.3) is 0 Å². The molecule has 1 saturated heterocycles. The van der Waals surface area contributed by atoms with Crippen LogP contribution in [0.3, 0.4) is 0 Å². The quantitative estimate of drug-likeness (QED) is 0.733. The topological polar surface area (TPSA) is 74.0 Å². The van der Waals surface area contributed by atoms with Gasteiger partial charge in [-0.3, -0.25) is 9.74 Å². The van der Waals surface area contributed by atoms with Crippen LogP contribution in [0.2, 0.25) is 0 Å². The van der Waals surface area contributed by atoms with Crippen molar-refractivity contribution in [1.82, 2.24) is 4.90 Å². The van der Waals surface area contributed by atoms with Crippen LogP contribution in [-0.2, 0) is 14.3 Å². The Kier molecular flexibility index (Phi) is 4.73. The zero-order valence-corrected chi connectivity index (χ0v) is 10.9. The van der Waals surface area contributed by atoms with Gasteiger partial charge in [0, 0.05) is 6.54 Å². The average molecular weight is 246 g/mol. The van der Waals surface area contributed by atoms with E-state index in [4.69, 9.17) is 20.2 Å². The van der Waals surface area contributed by atoms with Crippen LogP contribution in [0.1, 0.15) is 27.7 Å². The van der Waals surface area contributed by atoms with E-state index in [-0.39, 0.29) is 18.2 Å². The molecule has 1 aliphatic heterocycles. The molecule has 0 bridgehead atoms. The fraction of sp³-hybridized carbons (Fsp3) is 0.909. The number of rotatable bonds is 2. The Morgan fingerprint density at radius 1 is 1.53 bits per heavy atom. The Morgan fingerprint density at radius 3 is 2.71 bits per heavy atom. The first-order chi connectivity index (χ1) is 7.85. The lowest BCUT2D eigenvalue weighted by Gasteiger charge is -2.38. The Bertz CT molecular complexity index is 265. The lowest BCUT2D eigenvalue weighted by Crippen LogP contribution is -2.55. The van der Waals surface area contributed by atoms with Crippen LogP contribution in [0.4, 0.5) is 4.79 Å². The number of amides is 1. The van der Waals surface area contributed by atoms with Gasteiger partial charge in [-0.05, 0) is 27.7 Å². The van der Waals surface area contributed by atoms with E-state index in [9.17, 15) is 4.79 Å². The third-order valence-corrected chi connectivity index (χ3v) is 2.55. The van der Waals surface area contributed by atoms with E-state index in [1.54, 1.807) is 11.8 Å². The van der Waals surface area contributed by atoms with E-state index in [0.717, 1.165) is 0 Å². The highest BCUT2D eigenvalue weighted by Gasteiger charge is 2.34. The first kappa shape index (κ1) is 14.2. The van der Waals surface area contributed by atoms with Crippen molar-refractivity contribution < 1.29 is 19.1 Å². The van der Waals surface area contributed by atoms with Crippen molar-refractivity contribution in [2.75, 3.05) is 19.8 Å². The summed E-state index contributed by atoms with van der Waals surface area (Å²) in [4.78, 5) is 18.4. The SMILES string of the molecule is CC(ON)C1COCCN1C(=O)OC(C)(C)C. The monoisotopic (exact) mass is 246 g/mol. The summed E-state index contributed by atoms with van der Waals surface area (Å²) in [6.07, 6.45) is -0.641. The Labute approximate surface area is 102 Å². The number of hydrogen-bond donors (Lipinski definition) is 1. The molecule has 1 aliphatic rings. The molecular weight excluding hydrogens is 224 g/mol. The number of morpholine rings is 1. The predicted octanol–water partition coefficient (Wildman–Crippen LogP) is 0.901. The second-order valence-corrected chi connectivity index (χ2v) is 5.16. The van der Waals surface area contributed by atoms with E-state index < -0.39 is 5.60 Å². The van der Waals surface area contributed by atoms with Crippen molar-refractivity contribution in [3.05, 3.63) is 0 Å². The van der Waals surface area contributed by atoms with Gasteiger partial charge < -0.3 is 9.47 Å². The molecular formula is C11H22N2O4. The van der Waals surface area contributed by atoms with Crippen LogP contribution in [0.25, 0.3) is 0 Å². The Morgan fingerprint density at radius 2 is 2.18 bits per heavy atom. The number of carbonyl (C=O) groups is 1. The van der Waals surface area contributed by atoms with E-state index in [2.05, 4.69) is 0 Å². The van der Waals surface area contributed by atoms with Crippen molar-refractivity contribution in [1.29, 1.82) is 0 Å². The normalized spacial score (nSPS) is 23.4. The summed E-state index contributed by atoms with van der Waals surface area (Å²) >= 11 is 0. The largest absolute Gasteiger partial charge is 0.444 e. The summed E-state index contributed by atoms with van der Waals surface area (Å²) in [5.74, 6) is 5.16. The zero-order chi connectivity index (χ0) is 13.1. The van der Waals surface area contributed by atoms with Crippen LogP contribution in [0.15, 0.2) is 0 Å². The number of nitrogens with zero attached hydrogens (tertiary/aromatic N) is 1. The molecule has 6 nitrogen and oxygen atoms in total. The Balaban J connectivity index is 2.67. The minimum absolute atomic E-state index is 0.205. The molecule has 17 heavy (non-hydrogen) atoms. The highest BCUT2D eigenvalue weighted by molar-refractivity contribution is 5.68. The lowest BCUT2D eigenvalue weighted by molar-refractivity contribution is -0.0810. The molecule has 100 valence electrons. The van der Waals surface area contributed by atoms with Crippen molar-refractivity contribution in [2.24, 2.45) is 5.90 Å². The van der Waals surface area contributed by atoms with Crippen LogP contribution in [0.5, 0.6) is 0 Å². The molecule has 0 radical (unpaired) electrons. The maximum atomic E-state index is 12.0. The summed E-state index contributed by atoms with van der Waals surface area (Å²) in [6.45, 7) is 8.73. The predicted molar refractivity (Wildman–Crippen MR) is 62.3 cm³/mol. The van der Waals surface area contributed by atoms with Crippen LogP contribution in [0, 0.1) is 0 Å². The van der Waals surface area contributed by atoms with Crippen LogP contribution < -0.4 is 5.90 Å². The smallest absolute Gasteiger partial charge is 0.410 e. The molecule has 2 atom stereocenters. The number of nitrogens with two attached hydrogens (primary N) is 1. The molecule has 1 heterocycles. The third-order valence-electron chi connectivity index (χ3n) is 2.55. The van der Waals surface area contributed by atoms with Gasteiger partial charge >= 0.3 is 6.09 Å². The lowest BCUT2D eigenvalue weighted by atomic mass is 10.1. The van der Waals surface area contributed by atoms with Gasteiger partial charge in [0.1, 0.15) is 5.60 Å².